The molecule has 0 fully saturated rings. The molecule has 0 saturated heterocycles. The van der Waals surface area contributed by atoms with Crippen molar-refractivity contribution < 1.29 is 0 Å². The van der Waals surface area contributed by atoms with E-state index in [-0.39, 0.29) is 0 Å². The van der Waals surface area contributed by atoms with E-state index in [0.717, 1.165) is 0 Å². The summed E-state index contributed by atoms with van der Waals surface area (Å²) in [6.45, 7) is 0. The molecule has 0 saturated carbocycles. The average Bonchev–Trinajstić information content (AvgIpc) is 3.20. The first-order valence-electron chi connectivity index (χ1n) is 16.8. The van der Waals surface area contributed by atoms with Gasteiger partial charge in [0, 0.05) is 0 Å². The molecule has 2 radical (unpaired) electrons. The van der Waals surface area contributed by atoms with Crippen LogP contribution < -0.4 is 8.79 Å². The molecule has 8 aromatic carbocycles. The van der Waals surface area contributed by atoms with Crippen LogP contribution in [0.1, 0.15) is 0 Å². The Kier molecular flexibility index (Phi) is 8.87. The van der Waals surface area contributed by atoms with Gasteiger partial charge in [-0.2, -0.15) is 0 Å². The topological polar surface area (TPSA) is 0 Å². The second-order valence-electron chi connectivity index (χ2n) is 12.2. The summed E-state index contributed by atoms with van der Waals surface area (Å²) in [5.41, 5.74) is 15.2. The average molecular weight is 683 g/mol. The maximum atomic E-state index is 2.43. The molecular formula is C48H34Ge. The molecule has 0 atom stereocenters. The molecular weight excluding hydrogens is 649 g/mol. The van der Waals surface area contributed by atoms with Crippen molar-refractivity contribution in [1.82, 2.24) is 0 Å². The Hall–Kier alpha value is -5.70. The van der Waals surface area contributed by atoms with Crippen LogP contribution in [0.15, 0.2) is 206 Å². The summed E-state index contributed by atoms with van der Waals surface area (Å²) in [5.74, 6) is 0. The van der Waals surface area contributed by atoms with Crippen molar-refractivity contribution in [3.8, 4) is 66.8 Å². The standard InChI is InChI=1S/C48H34Ge/c1-7-19-35(20-8-1)41-31-43(37-23-11-3-12-24-37)47(44(32-41)38-25-13-4-14-26-38)49-48-45(39-27-15-5-16-28-39)33-42(36-21-9-2-10-22-36)34-46(48)40-29-17-6-18-30-40/h1-34H. The van der Waals surface area contributed by atoms with Gasteiger partial charge in [0.05, 0.1) is 0 Å². The molecule has 0 aliphatic carbocycles. The van der Waals surface area contributed by atoms with Gasteiger partial charge in [-0.3, -0.25) is 0 Å². The Morgan fingerprint density at radius 1 is 0.204 bits per heavy atom. The SMILES string of the molecule is c1ccc(-c2cc(-c3ccccc3)[c]([Ge][c]3c(-c4ccccc4)cc(-c4ccccc4)cc3-c3ccccc3)c(-c3ccccc3)c2)cc1. The zero-order valence-electron chi connectivity index (χ0n) is 27.1. The fourth-order valence-electron chi connectivity index (χ4n) is 6.65. The first kappa shape index (κ1) is 30.6. The number of benzene rings is 8. The Morgan fingerprint density at radius 2 is 0.408 bits per heavy atom. The van der Waals surface area contributed by atoms with Crippen LogP contribution in [0.25, 0.3) is 66.8 Å². The summed E-state index contributed by atoms with van der Waals surface area (Å²) in [6, 6.07) is 75.2. The van der Waals surface area contributed by atoms with E-state index in [1.165, 1.54) is 75.6 Å². The van der Waals surface area contributed by atoms with Gasteiger partial charge in [0.2, 0.25) is 0 Å². The predicted molar refractivity (Wildman–Crippen MR) is 211 cm³/mol. The quantitative estimate of drug-likeness (QED) is 0.140. The van der Waals surface area contributed by atoms with E-state index in [1.54, 1.807) is 0 Å². The Bertz CT molecular complexity index is 2010. The molecule has 0 aliphatic rings. The molecule has 0 nitrogen and oxygen atoms in total. The monoisotopic (exact) mass is 684 g/mol. The van der Waals surface area contributed by atoms with E-state index >= 15 is 0 Å². The molecule has 1 heteroatoms. The molecule has 0 bridgehead atoms. The molecule has 0 aromatic heterocycles. The zero-order valence-corrected chi connectivity index (χ0v) is 29.2. The summed E-state index contributed by atoms with van der Waals surface area (Å²) < 4.78 is 2.89. The number of hydrogen-bond donors (Lipinski definition) is 0. The van der Waals surface area contributed by atoms with Gasteiger partial charge < -0.3 is 0 Å². The summed E-state index contributed by atoms with van der Waals surface area (Å²) in [6.07, 6.45) is 0. The third kappa shape index (κ3) is 6.57. The van der Waals surface area contributed by atoms with E-state index in [1.807, 2.05) is 0 Å². The van der Waals surface area contributed by atoms with Gasteiger partial charge in [0.25, 0.3) is 0 Å². The number of rotatable bonds is 8. The van der Waals surface area contributed by atoms with Gasteiger partial charge in [-0.25, -0.2) is 0 Å². The van der Waals surface area contributed by atoms with Crippen LogP contribution in [0.3, 0.4) is 0 Å². The Labute approximate surface area is 295 Å². The van der Waals surface area contributed by atoms with E-state index in [9.17, 15) is 0 Å². The normalized spacial score (nSPS) is 10.9. The van der Waals surface area contributed by atoms with Crippen LogP contribution >= 0.6 is 0 Å². The van der Waals surface area contributed by atoms with Crippen molar-refractivity contribution in [3.05, 3.63) is 206 Å². The molecule has 0 spiro atoms. The number of hydrogen-bond acceptors (Lipinski definition) is 0. The van der Waals surface area contributed by atoms with E-state index in [2.05, 4.69) is 206 Å². The maximum absolute atomic E-state index is 2.43. The third-order valence-corrected chi connectivity index (χ3v) is 12.4. The summed E-state index contributed by atoms with van der Waals surface area (Å²) in [7, 11) is 0. The molecule has 49 heavy (non-hydrogen) atoms. The zero-order chi connectivity index (χ0) is 32.8. The first-order valence-corrected chi connectivity index (χ1v) is 18.9. The molecule has 0 N–H and O–H groups in total. The molecule has 8 rings (SSSR count). The van der Waals surface area contributed by atoms with Crippen molar-refractivity contribution in [2.45, 2.75) is 0 Å². The fraction of sp³-hybridized carbons (Fsp3) is 0. The van der Waals surface area contributed by atoms with Crippen LogP contribution in [0.5, 0.6) is 0 Å². The molecule has 0 unspecified atom stereocenters. The first-order chi connectivity index (χ1) is 24.3. The summed E-state index contributed by atoms with van der Waals surface area (Å²) >= 11 is -0.929. The van der Waals surface area contributed by atoms with Gasteiger partial charge in [0.15, 0.2) is 0 Å². The van der Waals surface area contributed by atoms with Gasteiger partial charge in [0.1, 0.15) is 0 Å². The van der Waals surface area contributed by atoms with Crippen LogP contribution in [0.4, 0.5) is 0 Å². The third-order valence-electron chi connectivity index (χ3n) is 9.08. The molecule has 0 aliphatic heterocycles. The summed E-state index contributed by atoms with van der Waals surface area (Å²) in [4.78, 5) is 0. The van der Waals surface area contributed by atoms with Crippen molar-refractivity contribution in [2.24, 2.45) is 0 Å². The second-order valence-corrected chi connectivity index (χ2v) is 14.8. The van der Waals surface area contributed by atoms with E-state index < -0.39 is 15.4 Å². The van der Waals surface area contributed by atoms with E-state index in [0.29, 0.717) is 0 Å². The van der Waals surface area contributed by atoms with Gasteiger partial charge in [-0.05, 0) is 0 Å². The van der Waals surface area contributed by atoms with E-state index in [4.69, 9.17) is 0 Å². The van der Waals surface area contributed by atoms with Gasteiger partial charge >= 0.3 is 297 Å². The van der Waals surface area contributed by atoms with Gasteiger partial charge in [-0.15, -0.1) is 0 Å². The minimum absolute atomic E-state index is 0.929. The fourth-order valence-corrected chi connectivity index (χ4v) is 10.1. The van der Waals surface area contributed by atoms with Crippen molar-refractivity contribution >= 4 is 24.2 Å². The molecule has 0 heterocycles. The van der Waals surface area contributed by atoms with Crippen LogP contribution in [-0.2, 0) is 0 Å². The van der Waals surface area contributed by atoms with Crippen molar-refractivity contribution in [1.29, 1.82) is 0 Å². The minimum atomic E-state index is -0.929. The van der Waals surface area contributed by atoms with Gasteiger partial charge in [-0.1, -0.05) is 0 Å². The molecule has 230 valence electrons. The predicted octanol–water partition coefficient (Wildman–Crippen LogP) is 11.3. The second kappa shape index (κ2) is 14.2. The van der Waals surface area contributed by atoms with Crippen molar-refractivity contribution in [2.75, 3.05) is 0 Å². The van der Waals surface area contributed by atoms with Crippen LogP contribution in [0.2, 0.25) is 0 Å². The van der Waals surface area contributed by atoms with Crippen molar-refractivity contribution in [3.63, 3.8) is 0 Å². The van der Waals surface area contributed by atoms with Crippen LogP contribution in [-0.4, -0.2) is 15.4 Å². The molecule has 8 aromatic rings. The molecule has 0 amide bonds. The Balaban J connectivity index is 1.45. The Morgan fingerprint density at radius 3 is 0.633 bits per heavy atom. The van der Waals surface area contributed by atoms with Crippen LogP contribution in [0, 0.1) is 0 Å². The summed E-state index contributed by atoms with van der Waals surface area (Å²) in [5, 5.41) is 0.